The molecular formula is C18H28N2O2S. The third-order valence-electron chi connectivity index (χ3n) is 3.69. The highest BCUT2D eigenvalue weighted by Crippen LogP contribution is 2.35. The molecule has 0 bridgehead atoms. The molecule has 0 fully saturated rings. The number of hydrogen-bond acceptors (Lipinski definition) is 4. The SMILES string of the molecule is CC(CCNC1CCSc2ccccc21)NC(=O)OC(C)(C)C. The van der Waals surface area contributed by atoms with Gasteiger partial charge in [-0.25, -0.2) is 4.79 Å². The van der Waals surface area contributed by atoms with Crippen LogP contribution in [0.1, 0.15) is 52.1 Å². The smallest absolute Gasteiger partial charge is 0.407 e. The van der Waals surface area contributed by atoms with Crippen LogP contribution in [-0.4, -0.2) is 30.0 Å². The zero-order chi connectivity index (χ0) is 16.9. The van der Waals surface area contributed by atoms with Crippen LogP contribution in [0.25, 0.3) is 0 Å². The van der Waals surface area contributed by atoms with Gasteiger partial charge in [0.25, 0.3) is 0 Å². The van der Waals surface area contributed by atoms with Crippen molar-refractivity contribution in [3.05, 3.63) is 29.8 Å². The standard InChI is InChI=1S/C18H28N2O2S/c1-13(20-17(21)22-18(2,3)4)9-11-19-15-10-12-23-16-8-6-5-7-14(15)16/h5-8,13,15,19H,9-12H2,1-4H3,(H,20,21). The molecule has 0 saturated carbocycles. The molecule has 2 N–H and O–H groups in total. The van der Waals surface area contributed by atoms with Crippen molar-refractivity contribution in [2.45, 2.75) is 63.1 Å². The first kappa shape index (κ1) is 18.1. The third-order valence-corrected chi connectivity index (χ3v) is 4.81. The lowest BCUT2D eigenvalue weighted by molar-refractivity contribution is 0.0506. The van der Waals surface area contributed by atoms with E-state index in [1.54, 1.807) is 0 Å². The number of nitrogens with one attached hydrogen (secondary N) is 2. The van der Waals surface area contributed by atoms with Gasteiger partial charge in [0.05, 0.1) is 0 Å². The quantitative estimate of drug-likeness (QED) is 0.849. The number of carbonyl (C=O) groups is 1. The first-order valence-corrected chi connectivity index (χ1v) is 9.28. The van der Waals surface area contributed by atoms with Gasteiger partial charge in [0.15, 0.2) is 0 Å². The van der Waals surface area contributed by atoms with Crippen LogP contribution >= 0.6 is 11.8 Å². The van der Waals surface area contributed by atoms with Crippen LogP contribution in [0.5, 0.6) is 0 Å². The number of benzene rings is 1. The number of rotatable bonds is 5. The molecule has 1 heterocycles. The van der Waals surface area contributed by atoms with Crippen molar-refractivity contribution in [1.82, 2.24) is 10.6 Å². The molecule has 5 heteroatoms. The zero-order valence-corrected chi connectivity index (χ0v) is 15.3. The number of amides is 1. The predicted octanol–water partition coefficient (Wildman–Crippen LogP) is 4.12. The summed E-state index contributed by atoms with van der Waals surface area (Å²) in [4.78, 5) is 13.1. The second-order valence-corrected chi connectivity index (χ2v) is 8.15. The molecule has 128 valence electrons. The van der Waals surface area contributed by atoms with E-state index < -0.39 is 5.60 Å². The molecule has 23 heavy (non-hydrogen) atoms. The Kier molecular flexibility index (Phi) is 6.36. The lowest BCUT2D eigenvalue weighted by Gasteiger charge is -2.27. The van der Waals surface area contributed by atoms with Crippen molar-refractivity contribution in [1.29, 1.82) is 0 Å². The van der Waals surface area contributed by atoms with Crippen molar-refractivity contribution in [2.75, 3.05) is 12.3 Å². The topological polar surface area (TPSA) is 50.4 Å². The first-order chi connectivity index (χ1) is 10.8. The largest absolute Gasteiger partial charge is 0.444 e. The van der Waals surface area contributed by atoms with E-state index in [1.807, 2.05) is 39.5 Å². The average Bonchev–Trinajstić information content (AvgIpc) is 2.45. The second kappa shape index (κ2) is 8.06. The van der Waals surface area contributed by atoms with E-state index in [0.29, 0.717) is 6.04 Å². The molecule has 1 aliphatic heterocycles. The Morgan fingerprint density at radius 3 is 2.87 bits per heavy atom. The van der Waals surface area contributed by atoms with Crippen LogP contribution in [0.4, 0.5) is 4.79 Å². The summed E-state index contributed by atoms with van der Waals surface area (Å²) in [6, 6.07) is 9.11. The molecule has 1 aromatic carbocycles. The van der Waals surface area contributed by atoms with Crippen molar-refractivity contribution in [2.24, 2.45) is 0 Å². The Morgan fingerprint density at radius 2 is 2.13 bits per heavy atom. The minimum Gasteiger partial charge on any atom is -0.444 e. The molecular weight excluding hydrogens is 308 g/mol. The summed E-state index contributed by atoms with van der Waals surface area (Å²) in [6.07, 6.45) is 1.69. The van der Waals surface area contributed by atoms with Gasteiger partial charge in [-0.2, -0.15) is 0 Å². The Balaban J connectivity index is 1.74. The van der Waals surface area contributed by atoms with Gasteiger partial charge in [-0.05, 0) is 64.5 Å². The first-order valence-electron chi connectivity index (χ1n) is 8.30. The molecule has 0 aliphatic carbocycles. The lowest BCUT2D eigenvalue weighted by atomic mass is 10.0. The van der Waals surface area contributed by atoms with Crippen LogP contribution in [0.3, 0.4) is 0 Å². The summed E-state index contributed by atoms with van der Waals surface area (Å²) in [5.74, 6) is 1.15. The minimum absolute atomic E-state index is 0.0885. The van der Waals surface area contributed by atoms with E-state index in [9.17, 15) is 4.79 Å². The molecule has 0 radical (unpaired) electrons. The zero-order valence-electron chi connectivity index (χ0n) is 14.5. The fourth-order valence-electron chi connectivity index (χ4n) is 2.61. The Bertz CT molecular complexity index is 528. The van der Waals surface area contributed by atoms with E-state index in [0.717, 1.165) is 25.1 Å². The highest BCUT2D eigenvalue weighted by molar-refractivity contribution is 7.99. The van der Waals surface area contributed by atoms with Crippen LogP contribution < -0.4 is 10.6 Å². The summed E-state index contributed by atoms with van der Waals surface area (Å²) >= 11 is 1.93. The van der Waals surface area contributed by atoms with Gasteiger partial charge >= 0.3 is 6.09 Å². The molecule has 1 amide bonds. The number of hydrogen-bond donors (Lipinski definition) is 2. The number of fused-ring (bicyclic) bond motifs is 1. The van der Waals surface area contributed by atoms with E-state index in [-0.39, 0.29) is 12.1 Å². The van der Waals surface area contributed by atoms with Gasteiger partial charge < -0.3 is 15.4 Å². The van der Waals surface area contributed by atoms with Gasteiger partial charge in [-0.15, -0.1) is 11.8 Å². The summed E-state index contributed by atoms with van der Waals surface area (Å²) < 4.78 is 5.28. The minimum atomic E-state index is -0.453. The van der Waals surface area contributed by atoms with Crippen LogP contribution in [-0.2, 0) is 4.74 Å². The highest BCUT2D eigenvalue weighted by Gasteiger charge is 2.20. The van der Waals surface area contributed by atoms with Gasteiger partial charge in [-0.3, -0.25) is 0 Å². The van der Waals surface area contributed by atoms with Crippen LogP contribution in [0.2, 0.25) is 0 Å². The molecule has 4 nitrogen and oxygen atoms in total. The maximum absolute atomic E-state index is 11.7. The maximum atomic E-state index is 11.7. The van der Waals surface area contributed by atoms with Gasteiger partial charge in [0.2, 0.25) is 0 Å². The summed E-state index contributed by atoms with van der Waals surface area (Å²) in [5, 5.41) is 6.51. The summed E-state index contributed by atoms with van der Waals surface area (Å²) in [5.41, 5.74) is 0.947. The fraction of sp³-hybridized carbons (Fsp3) is 0.611. The normalized spacial score (nSPS) is 18.9. The second-order valence-electron chi connectivity index (χ2n) is 7.02. The predicted molar refractivity (Wildman–Crippen MR) is 96.0 cm³/mol. The Hall–Kier alpha value is -1.20. The average molecular weight is 337 g/mol. The van der Waals surface area contributed by atoms with Crippen molar-refractivity contribution in [3.8, 4) is 0 Å². The van der Waals surface area contributed by atoms with E-state index in [1.165, 1.54) is 10.5 Å². The summed E-state index contributed by atoms with van der Waals surface area (Å²) in [7, 11) is 0. The molecule has 0 spiro atoms. The number of alkyl carbamates (subject to hydrolysis) is 1. The maximum Gasteiger partial charge on any atom is 0.407 e. The number of thioether (sulfide) groups is 1. The monoisotopic (exact) mass is 336 g/mol. The molecule has 2 unspecified atom stereocenters. The molecule has 1 aliphatic rings. The van der Waals surface area contributed by atoms with E-state index in [4.69, 9.17) is 4.74 Å². The van der Waals surface area contributed by atoms with Crippen molar-refractivity contribution >= 4 is 17.9 Å². The van der Waals surface area contributed by atoms with Crippen molar-refractivity contribution < 1.29 is 9.53 Å². The fourth-order valence-corrected chi connectivity index (χ4v) is 3.73. The van der Waals surface area contributed by atoms with Crippen LogP contribution in [0.15, 0.2) is 29.2 Å². The van der Waals surface area contributed by atoms with Gasteiger partial charge in [0.1, 0.15) is 5.60 Å². The Morgan fingerprint density at radius 1 is 1.39 bits per heavy atom. The summed E-state index contributed by atoms with van der Waals surface area (Å²) in [6.45, 7) is 8.50. The molecule has 2 rings (SSSR count). The molecule has 2 atom stereocenters. The molecule has 0 aromatic heterocycles. The van der Waals surface area contributed by atoms with E-state index in [2.05, 4.69) is 34.9 Å². The molecule has 0 saturated heterocycles. The number of carbonyl (C=O) groups excluding carboxylic acids is 1. The molecule has 1 aromatic rings. The van der Waals surface area contributed by atoms with E-state index >= 15 is 0 Å². The highest BCUT2D eigenvalue weighted by atomic mass is 32.2. The Labute approximate surface area is 143 Å². The number of ether oxygens (including phenoxy) is 1. The van der Waals surface area contributed by atoms with Gasteiger partial charge in [0, 0.05) is 17.0 Å². The van der Waals surface area contributed by atoms with Crippen molar-refractivity contribution in [3.63, 3.8) is 0 Å². The lowest BCUT2D eigenvalue weighted by Crippen LogP contribution is -2.39. The van der Waals surface area contributed by atoms with Gasteiger partial charge in [-0.1, -0.05) is 18.2 Å². The third kappa shape index (κ3) is 6.07. The van der Waals surface area contributed by atoms with Crippen LogP contribution in [0, 0.1) is 0 Å².